The first-order valence-electron chi connectivity index (χ1n) is 9.17. The zero-order valence-corrected chi connectivity index (χ0v) is 17.9. The lowest BCUT2D eigenvalue weighted by Crippen LogP contribution is -2.48. The van der Waals surface area contributed by atoms with Crippen LogP contribution in [0.3, 0.4) is 0 Å². The van der Waals surface area contributed by atoms with Gasteiger partial charge in [0.1, 0.15) is 0 Å². The summed E-state index contributed by atoms with van der Waals surface area (Å²) in [7, 11) is -2.67. The van der Waals surface area contributed by atoms with Gasteiger partial charge in [-0.05, 0) is 30.5 Å². The van der Waals surface area contributed by atoms with Crippen molar-refractivity contribution in [2.75, 3.05) is 13.7 Å². The molecule has 3 atom stereocenters. The standard InChI is InChI=1S/C20H26ClNO6S/c1-14(24)19(13-23)22(29(26,27)18-9-7-17(21)8-10-18)12-16-5-3-15(4-6-16)11-20(25)28-2/h3-7,9-10,14,17,19,23-24H,8,11-13H2,1-2H3/t14-,17?,19-/m0/s1. The lowest BCUT2D eigenvalue weighted by atomic mass is 10.1. The second-order valence-corrected chi connectivity index (χ2v) is 9.28. The fourth-order valence-corrected chi connectivity index (χ4v) is 4.86. The van der Waals surface area contributed by atoms with Gasteiger partial charge in [-0.25, -0.2) is 8.42 Å². The Morgan fingerprint density at radius 1 is 1.31 bits per heavy atom. The molecule has 7 nitrogen and oxygen atoms in total. The fourth-order valence-electron chi connectivity index (χ4n) is 2.95. The third-order valence-electron chi connectivity index (χ3n) is 4.67. The second kappa shape index (κ2) is 10.4. The minimum atomic E-state index is -3.98. The van der Waals surface area contributed by atoms with Gasteiger partial charge in [-0.3, -0.25) is 4.79 Å². The van der Waals surface area contributed by atoms with Crippen LogP contribution in [0.1, 0.15) is 24.5 Å². The molecule has 160 valence electrons. The van der Waals surface area contributed by atoms with Crippen molar-refractivity contribution in [3.8, 4) is 0 Å². The van der Waals surface area contributed by atoms with Gasteiger partial charge in [0.05, 0.1) is 42.6 Å². The van der Waals surface area contributed by atoms with Crippen molar-refractivity contribution in [2.45, 2.75) is 43.8 Å². The van der Waals surface area contributed by atoms with Crippen LogP contribution in [0.25, 0.3) is 0 Å². The van der Waals surface area contributed by atoms with Gasteiger partial charge in [-0.1, -0.05) is 36.4 Å². The van der Waals surface area contributed by atoms with E-state index in [1.807, 2.05) is 0 Å². The van der Waals surface area contributed by atoms with Gasteiger partial charge in [-0.15, -0.1) is 11.6 Å². The van der Waals surface area contributed by atoms with Crippen molar-refractivity contribution in [2.24, 2.45) is 0 Å². The average molecular weight is 444 g/mol. The molecule has 0 saturated heterocycles. The molecule has 0 heterocycles. The number of alkyl halides is 1. The summed E-state index contributed by atoms with van der Waals surface area (Å²) in [6.07, 6.45) is 3.99. The summed E-state index contributed by atoms with van der Waals surface area (Å²) in [5.74, 6) is -0.370. The van der Waals surface area contributed by atoms with Crippen LogP contribution in [-0.2, 0) is 32.5 Å². The highest BCUT2D eigenvalue weighted by Crippen LogP contribution is 2.26. The van der Waals surface area contributed by atoms with Crippen LogP contribution in [0.15, 0.2) is 47.4 Å². The number of carbonyl (C=O) groups excluding carboxylic acids is 1. The second-order valence-electron chi connectivity index (χ2n) is 6.83. The third kappa shape index (κ3) is 6.13. The van der Waals surface area contributed by atoms with Crippen molar-refractivity contribution in [1.29, 1.82) is 0 Å². The van der Waals surface area contributed by atoms with Gasteiger partial charge in [0.25, 0.3) is 0 Å². The molecule has 0 radical (unpaired) electrons. The van der Waals surface area contributed by atoms with Crippen LogP contribution in [0.5, 0.6) is 0 Å². The summed E-state index contributed by atoms with van der Waals surface area (Å²) < 4.78 is 32.2. The number of nitrogens with zero attached hydrogens (tertiary/aromatic N) is 1. The van der Waals surface area contributed by atoms with E-state index in [1.165, 1.54) is 26.2 Å². The van der Waals surface area contributed by atoms with E-state index in [9.17, 15) is 23.4 Å². The van der Waals surface area contributed by atoms with Gasteiger partial charge in [-0.2, -0.15) is 4.31 Å². The monoisotopic (exact) mass is 443 g/mol. The van der Waals surface area contributed by atoms with Crippen LogP contribution in [0.2, 0.25) is 0 Å². The van der Waals surface area contributed by atoms with E-state index in [1.54, 1.807) is 30.3 Å². The SMILES string of the molecule is COC(=O)Cc1ccc(CN([C@@H](CO)[C@H](C)O)S(=O)(=O)C2=CCC(Cl)C=C2)cc1. The molecule has 0 saturated carbocycles. The molecule has 1 unspecified atom stereocenters. The lowest BCUT2D eigenvalue weighted by Gasteiger charge is -2.32. The number of ether oxygens (including phenoxy) is 1. The Morgan fingerprint density at radius 3 is 2.41 bits per heavy atom. The maximum Gasteiger partial charge on any atom is 0.309 e. The van der Waals surface area contributed by atoms with Crippen LogP contribution >= 0.6 is 11.6 Å². The Morgan fingerprint density at radius 2 is 1.93 bits per heavy atom. The molecule has 29 heavy (non-hydrogen) atoms. The van der Waals surface area contributed by atoms with Crippen molar-refractivity contribution in [3.05, 3.63) is 58.5 Å². The Balaban J connectivity index is 2.32. The number of carbonyl (C=O) groups is 1. The Kier molecular flexibility index (Phi) is 8.42. The van der Waals surface area contributed by atoms with E-state index in [0.717, 1.165) is 9.87 Å². The number of sulfonamides is 1. The van der Waals surface area contributed by atoms with Crippen molar-refractivity contribution < 1.29 is 28.2 Å². The Labute approximate surface area is 176 Å². The molecule has 0 aliphatic heterocycles. The summed E-state index contributed by atoms with van der Waals surface area (Å²) >= 11 is 5.99. The number of allylic oxidation sites excluding steroid dienone is 3. The normalized spacial score (nSPS) is 19.0. The van der Waals surface area contributed by atoms with Crippen LogP contribution in [0, 0.1) is 0 Å². The molecule has 1 aromatic rings. The average Bonchev–Trinajstić information content (AvgIpc) is 2.69. The molecular formula is C20H26ClNO6S. The molecule has 0 fully saturated rings. The van der Waals surface area contributed by atoms with Gasteiger partial charge in [0.15, 0.2) is 0 Å². The lowest BCUT2D eigenvalue weighted by molar-refractivity contribution is -0.139. The molecule has 0 aromatic heterocycles. The van der Waals surface area contributed by atoms with Crippen LogP contribution < -0.4 is 0 Å². The Hall–Kier alpha value is -1.71. The van der Waals surface area contributed by atoms with Gasteiger partial charge < -0.3 is 14.9 Å². The van der Waals surface area contributed by atoms with Crippen molar-refractivity contribution >= 4 is 27.6 Å². The number of rotatable bonds is 9. The number of hydrogen-bond acceptors (Lipinski definition) is 6. The van der Waals surface area contributed by atoms with Gasteiger partial charge >= 0.3 is 5.97 Å². The molecule has 2 N–H and O–H groups in total. The number of hydrogen-bond donors (Lipinski definition) is 2. The van der Waals surface area contributed by atoms with Crippen LogP contribution in [-0.4, -0.2) is 60.1 Å². The van der Waals surface area contributed by atoms with Gasteiger partial charge in [0.2, 0.25) is 10.0 Å². The molecule has 1 aliphatic rings. The zero-order chi connectivity index (χ0) is 21.6. The van der Waals surface area contributed by atoms with E-state index >= 15 is 0 Å². The predicted molar refractivity (Wildman–Crippen MR) is 111 cm³/mol. The largest absolute Gasteiger partial charge is 0.469 e. The first-order chi connectivity index (χ1) is 13.7. The van der Waals surface area contributed by atoms with Crippen molar-refractivity contribution in [1.82, 2.24) is 4.31 Å². The van der Waals surface area contributed by atoms with E-state index in [4.69, 9.17) is 11.6 Å². The summed E-state index contributed by atoms with van der Waals surface area (Å²) in [6.45, 7) is 0.849. The maximum atomic E-state index is 13.2. The quantitative estimate of drug-likeness (QED) is 0.445. The maximum absolute atomic E-state index is 13.2. The van der Waals surface area contributed by atoms with E-state index in [2.05, 4.69) is 4.74 Å². The number of methoxy groups -OCH3 is 1. The zero-order valence-electron chi connectivity index (χ0n) is 16.4. The summed E-state index contributed by atoms with van der Waals surface area (Å²) in [6, 6.07) is 5.82. The number of benzene rings is 1. The Bertz CT molecular complexity index is 863. The number of esters is 1. The highest BCUT2D eigenvalue weighted by molar-refractivity contribution is 7.93. The molecule has 1 aromatic carbocycles. The number of aliphatic hydroxyl groups excluding tert-OH is 2. The molecule has 2 rings (SSSR count). The molecule has 0 amide bonds. The predicted octanol–water partition coefficient (Wildman–Crippen LogP) is 1.73. The first-order valence-corrected chi connectivity index (χ1v) is 11.0. The molecule has 0 bridgehead atoms. The highest BCUT2D eigenvalue weighted by Gasteiger charge is 2.35. The summed E-state index contributed by atoms with van der Waals surface area (Å²) in [5, 5.41) is 19.5. The molecule has 0 spiro atoms. The smallest absolute Gasteiger partial charge is 0.309 e. The topological polar surface area (TPSA) is 104 Å². The summed E-state index contributed by atoms with van der Waals surface area (Å²) in [4.78, 5) is 11.5. The third-order valence-corrected chi connectivity index (χ3v) is 6.91. The number of halogens is 1. The van der Waals surface area contributed by atoms with E-state index in [0.29, 0.717) is 12.0 Å². The molecular weight excluding hydrogens is 418 g/mol. The molecule has 9 heteroatoms. The number of aliphatic hydroxyl groups is 2. The minimum Gasteiger partial charge on any atom is -0.469 e. The minimum absolute atomic E-state index is 0.0492. The highest BCUT2D eigenvalue weighted by atomic mass is 35.5. The van der Waals surface area contributed by atoms with E-state index in [-0.39, 0.29) is 29.2 Å². The first kappa shape index (κ1) is 23.6. The van der Waals surface area contributed by atoms with Crippen LogP contribution in [0.4, 0.5) is 0 Å². The van der Waals surface area contributed by atoms with Crippen molar-refractivity contribution in [3.63, 3.8) is 0 Å². The summed E-state index contributed by atoms with van der Waals surface area (Å²) in [5.41, 5.74) is 1.38. The van der Waals surface area contributed by atoms with Gasteiger partial charge in [0, 0.05) is 6.54 Å². The van der Waals surface area contributed by atoms with E-state index < -0.39 is 28.8 Å². The molecule has 1 aliphatic carbocycles. The fraction of sp³-hybridized carbons (Fsp3) is 0.450.